The maximum atomic E-state index is 11.2. The van der Waals surface area contributed by atoms with Gasteiger partial charge in [0.2, 0.25) is 0 Å². The fourth-order valence-corrected chi connectivity index (χ4v) is 3.87. The van der Waals surface area contributed by atoms with Gasteiger partial charge in [-0.15, -0.1) is 0 Å². The van der Waals surface area contributed by atoms with Crippen LogP contribution in [0.25, 0.3) is 0 Å². The largest absolute Gasteiger partial charge is 0.304 e. The molecule has 0 aromatic rings. The molecular weight excluding hydrogens is 162 g/mol. The zero-order chi connectivity index (χ0) is 9.00. The first-order chi connectivity index (χ1) is 6.25. The van der Waals surface area contributed by atoms with Crippen LogP contribution in [0.1, 0.15) is 32.6 Å². The van der Waals surface area contributed by atoms with E-state index < -0.39 is 0 Å². The molecule has 3 aliphatic rings. The summed E-state index contributed by atoms with van der Waals surface area (Å²) < 4.78 is 0. The highest BCUT2D eigenvalue weighted by Crippen LogP contribution is 2.52. The third-order valence-corrected chi connectivity index (χ3v) is 4.48. The summed E-state index contributed by atoms with van der Waals surface area (Å²) in [6.45, 7) is 1.72. The molecule has 5 atom stereocenters. The minimum Gasteiger partial charge on any atom is -0.304 e. The Balaban J connectivity index is 1.79. The molecule has 0 radical (unpaired) electrons. The van der Waals surface area contributed by atoms with Crippen LogP contribution in [-0.2, 0) is 4.79 Å². The molecule has 2 aliphatic carbocycles. The van der Waals surface area contributed by atoms with Crippen LogP contribution in [0, 0.1) is 17.8 Å². The molecule has 1 N–H and O–H groups in total. The van der Waals surface area contributed by atoms with Crippen molar-refractivity contribution in [3.63, 3.8) is 0 Å². The van der Waals surface area contributed by atoms with Crippen LogP contribution in [-0.4, -0.2) is 17.9 Å². The molecule has 2 saturated carbocycles. The fourth-order valence-electron chi connectivity index (χ4n) is 3.87. The molecule has 0 aromatic carbocycles. The molecule has 0 aromatic heterocycles. The number of fused-ring (bicyclic) bond motifs is 5. The van der Waals surface area contributed by atoms with Gasteiger partial charge in [0.1, 0.15) is 5.78 Å². The number of nitrogens with one attached hydrogen (secondary N) is 1. The number of carbonyl (C=O) groups excluding carboxylic acids is 1. The standard InChI is InChI=1S/C11H17NO/c1-6(13)10-5-9-7-2-3-8(4-7)11(9)12-10/h7-12H,2-5H2,1H3. The average Bonchev–Trinajstić information content (AvgIpc) is 2.76. The van der Waals surface area contributed by atoms with Crippen molar-refractivity contribution in [1.29, 1.82) is 0 Å². The number of hydrogen-bond donors (Lipinski definition) is 1. The zero-order valence-corrected chi connectivity index (χ0v) is 8.12. The summed E-state index contributed by atoms with van der Waals surface area (Å²) in [5.74, 6) is 3.03. The molecule has 0 amide bonds. The van der Waals surface area contributed by atoms with Crippen LogP contribution in [0.2, 0.25) is 0 Å². The van der Waals surface area contributed by atoms with E-state index in [1.165, 1.54) is 19.3 Å². The van der Waals surface area contributed by atoms with Crippen LogP contribution in [0.5, 0.6) is 0 Å². The van der Waals surface area contributed by atoms with E-state index in [1.807, 2.05) is 0 Å². The van der Waals surface area contributed by atoms with Crippen molar-refractivity contribution >= 4 is 5.78 Å². The molecule has 3 fully saturated rings. The second-order valence-corrected chi connectivity index (χ2v) is 5.09. The van der Waals surface area contributed by atoms with Crippen molar-refractivity contribution in [2.24, 2.45) is 17.8 Å². The summed E-state index contributed by atoms with van der Waals surface area (Å²) in [5.41, 5.74) is 0. The minimum absolute atomic E-state index is 0.193. The van der Waals surface area contributed by atoms with Crippen molar-refractivity contribution in [2.75, 3.05) is 0 Å². The van der Waals surface area contributed by atoms with Crippen molar-refractivity contribution in [1.82, 2.24) is 5.32 Å². The monoisotopic (exact) mass is 179 g/mol. The number of rotatable bonds is 1. The van der Waals surface area contributed by atoms with E-state index in [9.17, 15) is 4.79 Å². The molecular formula is C11H17NO. The lowest BCUT2D eigenvalue weighted by Crippen LogP contribution is -2.38. The third kappa shape index (κ3) is 1.01. The topological polar surface area (TPSA) is 29.1 Å². The molecule has 13 heavy (non-hydrogen) atoms. The summed E-state index contributed by atoms with van der Waals surface area (Å²) in [4.78, 5) is 11.2. The normalized spacial score (nSPS) is 52.5. The quantitative estimate of drug-likeness (QED) is 0.658. The summed E-state index contributed by atoms with van der Waals surface area (Å²) in [5, 5.41) is 3.53. The fraction of sp³-hybridized carbons (Fsp3) is 0.909. The Hall–Kier alpha value is -0.370. The average molecular weight is 179 g/mol. The van der Waals surface area contributed by atoms with Crippen molar-refractivity contribution in [3.8, 4) is 0 Å². The highest BCUT2D eigenvalue weighted by Gasteiger charge is 2.52. The molecule has 1 saturated heterocycles. The van der Waals surface area contributed by atoms with Crippen molar-refractivity contribution < 1.29 is 4.79 Å². The Kier molecular flexibility index (Phi) is 1.58. The van der Waals surface area contributed by atoms with Gasteiger partial charge in [0.05, 0.1) is 6.04 Å². The van der Waals surface area contributed by atoms with Gasteiger partial charge in [-0.3, -0.25) is 4.79 Å². The van der Waals surface area contributed by atoms with Crippen LogP contribution in [0.4, 0.5) is 0 Å². The molecule has 2 bridgehead atoms. The van der Waals surface area contributed by atoms with E-state index in [0.717, 1.165) is 24.2 Å². The molecule has 1 aliphatic heterocycles. The molecule has 0 spiro atoms. The lowest BCUT2D eigenvalue weighted by Gasteiger charge is -2.23. The Morgan fingerprint density at radius 1 is 1.23 bits per heavy atom. The van der Waals surface area contributed by atoms with Gasteiger partial charge in [-0.05, 0) is 50.4 Å². The third-order valence-electron chi connectivity index (χ3n) is 4.48. The van der Waals surface area contributed by atoms with Gasteiger partial charge in [-0.2, -0.15) is 0 Å². The summed E-state index contributed by atoms with van der Waals surface area (Å²) in [7, 11) is 0. The summed E-state index contributed by atoms with van der Waals surface area (Å²) in [6.07, 6.45) is 5.40. The number of Topliss-reactive ketones (excluding diaryl/α,β-unsaturated/α-hetero) is 1. The van der Waals surface area contributed by atoms with Crippen LogP contribution < -0.4 is 5.32 Å². The maximum Gasteiger partial charge on any atom is 0.146 e. The molecule has 1 heterocycles. The van der Waals surface area contributed by atoms with E-state index in [1.54, 1.807) is 6.92 Å². The molecule has 2 heteroatoms. The highest BCUT2D eigenvalue weighted by molar-refractivity contribution is 5.81. The van der Waals surface area contributed by atoms with Crippen molar-refractivity contribution in [3.05, 3.63) is 0 Å². The minimum atomic E-state index is 0.193. The molecule has 3 rings (SSSR count). The first kappa shape index (κ1) is 7.98. The number of ketones is 1. The molecule has 2 nitrogen and oxygen atoms in total. The Bertz CT molecular complexity index is 232. The number of carbonyl (C=O) groups is 1. The smallest absolute Gasteiger partial charge is 0.146 e. The Labute approximate surface area is 79.1 Å². The highest BCUT2D eigenvalue weighted by atomic mass is 16.1. The van der Waals surface area contributed by atoms with E-state index in [-0.39, 0.29) is 6.04 Å². The SMILES string of the molecule is CC(=O)C1CC2C3CCC(C3)C2N1. The second-order valence-electron chi connectivity index (χ2n) is 5.09. The maximum absolute atomic E-state index is 11.2. The first-order valence-corrected chi connectivity index (χ1v) is 5.52. The van der Waals surface area contributed by atoms with E-state index in [2.05, 4.69) is 5.32 Å². The number of hydrogen-bond acceptors (Lipinski definition) is 2. The van der Waals surface area contributed by atoms with Crippen LogP contribution in [0.15, 0.2) is 0 Å². The van der Waals surface area contributed by atoms with Gasteiger partial charge in [-0.25, -0.2) is 0 Å². The van der Waals surface area contributed by atoms with Gasteiger partial charge in [0.25, 0.3) is 0 Å². The lowest BCUT2D eigenvalue weighted by atomic mass is 9.84. The Morgan fingerprint density at radius 3 is 2.69 bits per heavy atom. The van der Waals surface area contributed by atoms with Gasteiger partial charge in [0.15, 0.2) is 0 Å². The summed E-state index contributed by atoms with van der Waals surface area (Å²) >= 11 is 0. The second kappa shape index (κ2) is 2.57. The van der Waals surface area contributed by atoms with Crippen LogP contribution in [0.3, 0.4) is 0 Å². The van der Waals surface area contributed by atoms with Crippen LogP contribution >= 0.6 is 0 Å². The Morgan fingerprint density at radius 2 is 2.00 bits per heavy atom. The van der Waals surface area contributed by atoms with Crippen molar-refractivity contribution in [2.45, 2.75) is 44.7 Å². The predicted molar refractivity (Wildman–Crippen MR) is 50.3 cm³/mol. The predicted octanol–water partition coefficient (Wildman–Crippen LogP) is 1.35. The van der Waals surface area contributed by atoms with E-state index >= 15 is 0 Å². The van der Waals surface area contributed by atoms with E-state index in [0.29, 0.717) is 11.8 Å². The van der Waals surface area contributed by atoms with Gasteiger partial charge < -0.3 is 5.32 Å². The lowest BCUT2D eigenvalue weighted by molar-refractivity contribution is -0.118. The molecule has 72 valence electrons. The zero-order valence-electron chi connectivity index (χ0n) is 8.12. The van der Waals surface area contributed by atoms with Gasteiger partial charge in [-0.1, -0.05) is 0 Å². The van der Waals surface area contributed by atoms with Gasteiger partial charge >= 0.3 is 0 Å². The molecule has 5 unspecified atom stereocenters. The van der Waals surface area contributed by atoms with Gasteiger partial charge in [0, 0.05) is 6.04 Å². The van der Waals surface area contributed by atoms with E-state index in [4.69, 9.17) is 0 Å². The first-order valence-electron chi connectivity index (χ1n) is 5.52. The summed E-state index contributed by atoms with van der Waals surface area (Å²) in [6, 6.07) is 0.894.